The molecule has 0 amide bonds. The molecule has 0 radical (unpaired) electrons. The average molecular weight is 303 g/mol. The number of sulfone groups is 1. The molecule has 0 spiro atoms. The first-order chi connectivity index (χ1) is 7.50. The molecule has 1 aromatic rings. The molecule has 0 saturated heterocycles. The van der Waals surface area contributed by atoms with Crippen LogP contribution in [0.5, 0.6) is 5.75 Å². The van der Waals surface area contributed by atoms with Crippen molar-refractivity contribution in [3.8, 4) is 5.75 Å². The molecule has 1 aromatic carbocycles. The molecule has 1 aliphatic rings. The van der Waals surface area contributed by atoms with Crippen molar-refractivity contribution < 1.29 is 13.2 Å². The molecule has 84 valence electrons. The van der Waals surface area contributed by atoms with E-state index in [-0.39, 0.29) is 5.03 Å². The fourth-order valence-corrected chi connectivity index (χ4v) is 2.24. The highest BCUT2D eigenvalue weighted by atomic mass is 79.9. The summed E-state index contributed by atoms with van der Waals surface area (Å²) in [5, 5.41) is -0.708. The molecule has 0 bridgehead atoms. The van der Waals surface area contributed by atoms with E-state index in [0.717, 1.165) is 10.7 Å². The predicted molar refractivity (Wildman–Crippen MR) is 63.4 cm³/mol. The van der Waals surface area contributed by atoms with Gasteiger partial charge in [-0.2, -0.15) is 0 Å². The molecule has 2 N–H and O–H groups in total. The number of aliphatic imine (C=N–C) groups is 1. The number of nitrogens with zero attached hydrogens (tertiary/aromatic N) is 1. The van der Waals surface area contributed by atoms with E-state index in [1.54, 1.807) is 24.3 Å². The van der Waals surface area contributed by atoms with Gasteiger partial charge in [-0.1, -0.05) is 22.0 Å². The van der Waals surface area contributed by atoms with Crippen LogP contribution in [-0.4, -0.2) is 13.6 Å². The molecule has 0 fully saturated rings. The molecule has 0 aromatic heterocycles. The largest absolute Gasteiger partial charge is 0.430 e. The van der Waals surface area contributed by atoms with Crippen LogP contribution in [-0.2, 0) is 9.84 Å². The van der Waals surface area contributed by atoms with E-state index in [1.807, 2.05) is 0 Å². The van der Waals surface area contributed by atoms with Gasteiger partial charge in [-0.05, 0) is 18.2 Å². The molecule has 5 nitrogen and oxygen atoms in total. The Labute approximate surface area is 101 Å². The van der Waals surface area contributed by atoms with Crippen molar-refractivity contribution in [1.82, 2.24) is 0 Å². The molecule has 2 rings (SSSR count). The lowest BCUT2D eigenvalue weighted by atomic mass is 10.3. The van der Waals surface area contributed by atoms with Crippen molar-refractivity contribution in [2.75, 3.05) is 0 Å². The van der Waals surface area contributed by atoms with E-state index in [2.05, 4.69) is 20.9 Å². The summed E-state index contributed by atoms with van der Waals surface area (Å²) in [6, 6.07) is 6.77. The summed E-state index contributed by atoms with van der Waals surface area (Å²) in [5.41, 5.74) is 5.26. The first kappa shape index (κ1) is 11.2. The average Bonchev–Trinajstić information content (AvgIpc) is 2.45. The first-order valence-electron chi connectivity index (χ1n) is 4.22. The summed E-state index contributed by atoms with van der Waals surface area (Å²) in [6.07, 6.45) is 1.06. The Balaban J connectivity index is 2.26. The lowest BCUT2D eigenvalue weighted by Crippen LogP contribution is -2.22. The number of hydrogen-bond acceptors (Lipinski definition) is 5. The van der Waals surface area contributed by atoms with E-state index in [9.17, 15) is 8.42 Å². The highest BCUT2D eigenvalue weighted by Gasteiger charge is 2.30. The minimum absolute atomic E-state index is 0.308. The molecule has 0 unspecified atom stereocenters. The van der Waals surface area contributed by atoms with Crippen LogP contribution in [0.4, 0.5) is 0 Å². The van der Waals surface area contributed by atoms with Gasteiger partial charge in [-0.25, -0.2) is 13.4 Å². The zero-order valence-corrected chi connectivity index (χ0v) is 10.3. The van der Waals surface area contributed by atoms with Crippen molar-refractivity contribution >= 4 is 31.0 Å². The van der Waals surface area contributed by atoms with Crippen LogP contribution in [0.3, 0.4) is 0 Å². The van der Waals surface area contributed by atoms with Crippen LogP contribution in [0, 0.1) is 0 Å². The smallest absolute Gasteiger partial charge is 0.321 e. The minimum Gasteiger partial charge on any atom is -0.430 e. The summed E-state index contributed by atoms with van der Waals surface area (Å²) >= 11 is 3.24. The van der Waals surface area contributed by atoms with Gasteiger partial charge < -0.3 is 10.5 Å². The van der Waals surface area contributed by atoms with Gasteiger partial charge in [-0.15, -0.1) is 0 Å². The molecular formula is C9H7BrN2O3S. The minimum atomic E-state index is -3.73. The second-order valence-electron chi connectivity index (χ2n) is 2.99. The molecule has 1 heterocycles. The normalized spacial score (nSPS) is 17.8. The molecule has 0 aliphatic carbocycles. The summed E-state index contributed by atoms with van der Waals surface area (Å²) in [6.45, 7) is 0. The zero-order chi connectivity index (χ0) is 11.8. The van der Waals surface area contributed by atoms with Crippen molar-refractivity contribution in [2.24, 2.45) is 10.7 Å². The Morgan fingerprint density at radius 2 is 2.12 bits per heavy atom. The zero-order valence-electron chi connectivity index (χ0n) is 7.92. The van der Waals surface area contributed by atoms with E-state index >= 15 is 0 Å². The van der Waals surface area contributed by atoms with Gasteiger partial charge in [0.2, 0.25) is 0 Å². The predicted octanol–water partition coefficient (Wildman–Crippen LogP) is 1.37. The molecular weight excluding hydrogens is 296 g/mol. The van der Waals surface area contributed by atoms with Crippen LogP contribution in [0.1, 0.15) is 0 Å². The van der Waals surface area contributed by atoms with Crippen molar-refractivity contribution in [1.29, 1.82) is 0 Å². The van der Waals surface area contributed by atoms with Crippen LogP contribution < -0.4 is 10.5 Å². The fourth-order valence-electron chi connectivity index (χ4n) is 1.07. The van der Waals surface area contributed by atoms with E-state index in [0.29, 0.717) is 5.75 Å². The SMILES string of the molecule is NC1=CN=C(Oc2cccc(Br)c2)S1(=O)=O. The Kier molecular flexibility index (Phi) is 2.73. The maximum absolute atomic E-state index is 11.5. The van der Waals surface area contributed by atoms with Gasteiger partial charge in [0.1, 0.15) is 5.75 Å². The topological polar surface area (TPSA) is 81.8 Å². The third-order valence-corrected chi connectivity index (χ3v) is 3.71. The van der Waals surface area contributed by atoms with Crippen molar-refractivity contribution in [3.63, 3.8) is 0 Å². The van der Waals surface area contributed by atoms with Crippen LogP contribution in [0.15, 0.2) is 45.0 Å². The third kappa shape index (κ3) is 1.96. The van der Waals surface area contributed by atoms with Crippen LogP contribution >= 0.6 is 15.9 Å². The maximum Gasteiger partial charge on any atom is 0.321 e. The summed E-state index contributed by atoms with van der Waals surface area (Å²) in [4.78, 5) is 3.60. The highest BCUT2D eigenvalue weighted by Crippen LogP contribution is 2.21. The lowest BCUT2D eigenvalue weighted by molar-refractivity contribution is 0.549. The summed E-state index contributed by atoms with van der Waals surface area (Å²) < 4.78 is 29.0. The second-order valence-corrected chi connectivity index (χ2v) is 5.73. The summed E-state index contributed by atoms with van der Waals surface area (Å²) in [5.74, 6) is 0.375. The van der Waals surface area contributed by atoms with Crippen molar-refractivity contribution in [2.45, 2.75) is 0 Å². The van der Waals surface area contributed by atoms with Crippen LogP contribution in [0.2, 0.25) is 0 Å². The quantitative estimate of drug-likeness (QED) is 0.849. The highest BCUT2D eigenvalue weighted by molar-refractivity contribution is 9.10. The first-order valence-corrected chi connectivity index (χ1v) is 6.50. The van der Waals surface area contributed by atoms with Gasteiger partial charge in [0.25, 0.3) is 9.84 Å². The van der Waals surface area contributed by atoms with Gasteiger partial charge in [0, 0.05) is 4.47 Å². The standard InChI is InChI=1S/C9H7BrN2O3S/c10-6-2-1-3-7(4-6)15-9-12-5-8(11)16(9,13)14/h1-5H,11H2. The van der Waals surface area contributed by atoms with Gasteiger partial charge in [0.05, 0.1) is 6.20 Å². The maximum atomic E-state index is 11.5. The summed E-state index contributed by atoms with van der Waals surface area (Å²) in [7, 11) is -3.73. The van der Waals surface area contributed by atoms with Gasteiger partial charge >= 0.3 is 5.23 Å². The second kappa shape index (κ2) is 3.91. The van der Waals surface area contributed by atoms with Gasteiger partial charge in [0.15, 0.2) is 5.03 Å². The Morgan fingerprint density at radius 1 is 1.38 bits per heavy atom. The third-order valence-electron chi connectivity index (χ3n) is 1.84. The Morgan fingerprint density at radius 3 is 2.69 bits per heavy atom. The molecule has 1 aliphatic heterocycles. The number of halogens is 1. The fraction of sp³-hybridized carbons (Fsp3) is 0. The van der Waals surface area contributed by atoms with E-state index < -0.39 is 15.1 Å². The van der Waals surface area contributed by atoms with E-state index in [1.165, 1.54) is 0 Å². The molecule has 7 heteroatoms. The Hall–Kier alpha value is -1.34. The lowest BCUT2D eigenvalue weighted by Gasteiger charge is -2.05. The van der Waals surface area contributed by atoms with Crippen molar-refractivity contribution in [3.05, 3.63) is 40.0 Å². The molecule has 0 saturated carbocycles. The number of nitrogens with two attached hydrogens (primary N) is 1. The Bertz CT molecular complexity index is 593. The van der Waals surface area contributed by atoms with Gasteiger partial charge in [-0.3, -0.25) is 0 Å². The van der Waals surface area contributed by atoms with E-state index in [4.69, 9.17) is 10.5 Å². The number of ether oxygens (including phenoxy) is 1. The van der Waals surface area contributed by atoms with Crippen LogP contribution in [0.25, 0.3) is 0 Å². The number of benzene rings is 1. The monoisotopic (exact) mass is 302 g/mol. The number of hydrogen-bond donors (Lipinski definition) is 1. The number of rotatable bonds is 1. The molecule has 16 heavy (non-hydrogen) atoms. The molecule has 0 atom stereocenters.